The second-order valence-electron chi connectivity index (χ2n) is 9.54. The third kappa shape index (κ3) is 4.34. The molecule has 8 heteroatoms. The summed E-state index contributed by atoms with van der Waals surface area (Å²) in [7, 11) is 0. The van der Waals surface area contributed by atoms with Crippen LogP contribution in [-0.4, -0.2) is 53.0 Å². The maximum absolute atomic E-state index is 15.0. The molecule has 0 saturated carbocycles. The van der Waals surface area contributed by atoms with Gasteiger partial charge in [0.15, 0.2) is 5.82 Å². The van der Waals surface area contributed by atoms with E-state index in [0.717, 1.165) is 73.3 Å². The molecule has 2 atom stereocenters. The van der Waals surface area contributed by atoms with Crippen LogP contribution in [0, 0.1) is 26.6 Å². The van der Waals surface area contributed by atoms with Gasteiger partial charge in [0, 0.05) is 43.3 Å². The van der Waals surface area contributed by atoms with Crippen molar-refractivity contribution >= 4 is 16.7 Å². The van der Waals surface area contributed by atoms with Crippen LogP contribution in [0.1, 0.15) is 49.6 Å². The summed E-state index contributed by atoms with van der Waals surface area (Å²) in [5.74, 6) is 1.43. The lowest BCUT2D eigenvalue weighted by atomic mass is 9.94. The Bertz CT molecular complexity index is 1160. The van der Waals surface area contributed by atoms with Gasteiger partial charge in [-0.05, 0) is 76.6 Å². The van der Waals surface area contributed by atoms with Crippen molar-refractivity contribution in [2.24, 2.45) is 0 Å². The average molecular weight is 454 g/mol. The maximum atomic E-state index is 15.0. The van der Waals surface area contributed by atoms with E-state index in [2.05, 4.69) is 27.3 Å². The zero-order valence-electron chi connectivity index (χ0n) is 19.8. The van der Waals surface area contributed by atoms with Gasteiger partial charge in [0.1, 0.15) is 17.2 Å². The Labute approximate surface area is 193 Å². The number of hydrogen-bond donors (Lipinski definition) is 1. The number of nitrogens with zero attached hydrogens (tertiary/aromatic N) is 4. The number of rotatable bonds is 4. The van der Waals surface area contributed by atoms with Crippen LogP contribution in [0.4, 0.5) is 10.2 Å². The molecule has 0 bridgehead atoms. The standard InChI is InChI=1S/C25H32FN5O2/c1-14-11-20-16(3)22(25-27-17(4)30-33-25)24(29-23(20)21(26)12-14)31-8-5-19(13-15(31)2)28-18-6-9-32-10-7-18/h11-12,15,18-19,28H,5-10,13H2,1-4H3/t15-,19+/m0/s1. The molecule has 2 aliphatic rings. The molecule has 2 aliphatic heterocycles. The molecule has 7 nitrogen and oxygen atoms in total. The van der Waals surface area contributed by atoms with E-state index in [0.29, 0.717) is 29.3 Å². The van der Waals surface area contributed by atoms with Gasteiger partial charge >= 0.3 is 0 Å². The molecule has 33 heavy (non-hydrogen) atoms. The first kappa shape index (κ1) is 22.2. The summed E-state index contributed by atoms with van der Waals surface area (Å²) < 4.78 is 26.1. The molecule has 4 heterocycles. The lowest BCUT2D eigenvalue weighted by Crippen LogP contribution is -2.51. The fraction of sp³-hybridized carbons (Fsp3) is 0.560. The van der Waals surface area contributed by atoms with Gasteiger partial charge < -0.3 is 19.5 Å². The van der Waals surface area contributed by atoms with Crippen molar-refractivity contribution in [3.05, 3.63) is 34.9 Å². The predicted molar refractivity (Wildman–Crippen MR) is 126 cm³/mol. The maximum Gasteiger partial charge on any atom is 0.261 e. The smallest absolute Gasteiger partial charge is 0.261 e. The van der Waals surface area contributed by atoms with Crippen molar-refractivity contribution in [1.29, 1.82) is 0 Å². The first-order valence-corrected chi connectivity index (χ1v) is 11.9. The van der Waals surface area contributed by atoms with E-state index in [4.69, 9.17) is 14.2 Å². The zero-order chi connectivity index (χ0) is 23.1. The number of nitrogens with one attached hydrogen (secondary N) is 1. The molecule has 0 radical (unpaired) electrons. The van der Waals surface area contributed by atoms with Crippen LogP contribution in [-0.2, 0) is 4.74 Å². The molecule has 2 fully saturated rings. The first-order valence-electron chi connectivity index (χ1n) is 11.9. The van der Waals surface area contributed by atoms with Crippen molar-refractivity contribution < 1.29 is 13.7 Å². The average Bonchev–Trinajstić information content (AvgIpc) is 3.21. The fourth-order valence-electron chi connectivity index (χ4n) is 5.30. The molecule has 0 spiro atoms. The van der Waals surface area contributed by atoms with Crippen molar-refractivity contribution in [2.45, 2.75) is 71.5 Å². The summed E-state index contributed by atoms with van der Waals surface area (Å²) in [6.07, 6.45) is 4.13. The van der Waals surface area contributed by atoms with Gasteiger partial charge in [0.25, 0.3) is 5.89 Å². The van der Waals surface area contributed by atoms with Crippen molar-refractivity contribution in [3.63, 3.8) is 0 Å². The molecule has 1 aromatic carbocycles. The summed E-state index contributed by atoms with van der Waals surface area (Å²) in [6.45, 7) is 10.4. The van der Waals surface area contributed by atoms with E-state index >= 15 is 0 Å². The Balaban J connectivity index is 1.51. The van der Waals surface area contributed by atoms with Gasteiger partial charge in [-0.15, -0.1) is 0 Å². The van der Waals surface area contributed by atoms with Gasteiger partial charge in [-0.2, -0.15) is 4.98 Å². The number of aromatic nitrogens is 3. The Morgan fingerprint density at radius 3 is 2.55 bits per heavy atom. The van der Waals surface area contributed by atoms with Crippen LogP contribution in [0.2, 0.25) is 0 Å². The Kier molecular flexibility index (Phi) is 6.05. The van der Waals surface area contributed by atoms with Crippen LogP contribution in [0.25, 0.3) is 22.4 Å². The molecule has 0 aliphatic carbocycles. The van der Waals surface area contributed by atoms with E-state index in [9.17, 15) is 4.39 Å². The van der Waals surface area contributed by atoms with Gasteiger partial charge in [-0.3, -0.25) is 0 Å². The minimum atomic E-state index is -0.300. The molecule has 0 amide bonds. The first-order chi connectivity index (χ1) is 15.9. The van der Waals surface area contributed by atoms with Gasteiger partial charge in [0.2, 0.25) is 0 Å². The molecule has 5 rings (SSSR count). The summed E-state index contributed by atoms with van der Waals surface area (Å²) in [5.41, 5.74) is 2.97. The number of anilines is 1. The molecular weight excluding hydrogens is 421 g/mol. The highest BCUT2D eigenvalue weighted by molar-refractivity contribution is 5.93. The number of piperidine rings is 1. The fourth-order valence-corrected chi connectivity index (χ4v) is 5.30. The Hall–Kier alpha value is -2.58. The van der Waals surface area contributed by atoms with Crippen molar-refractivity contribution in [1.82, 2.24) is 20.4 Å². The molecule has 2 saturated heterocycles. The minimum Gasteiger partial charge on any atom is -0.381 e. The molecule has 0 unspecified atom stereocenters. The second kappa shape index (κ2) is 8.99. The number of pyridine rings is 1. The molecule has 3 aromatic rings. The topological polar surface area (TPSA) is 76.3 Å². The number of fused-ring (bicyclic) bond motifs is 1. The van der Waals surface area contributed by atoms with Crippen LogP contribution >= 0.6 is 0 Å². The van der Waals surface area contributed by atoms with Crippen LogP contribution in [0.5, 0.6) is 0 Å². The molecule has 2 aromatic heterocycles. The largest absolute Gasteiger partial charge is 0.381 e. The Morgan fingerprint density at radius 1 is 1.06 bits per heavy atom. The van der Waals surface area contributed by atoms with E-state index in [1.54, 1.807) is 13.0 Å². The Morgan fingerprint density at radius 2 is 1.85 bits per heavy atom. The molecular formula is C25H32FN5O2. The number of halogens is 1. The number of hydrogen-bond acceptors (Lipinski definition) is 7. The minimum absolute atomic E-state index is 0.233. The van der Waals surface area contributed by atoms with Crippen molar-refractivity contribution in [2.75, 3.05) is 24.7 Å². The molecule has 1 N–H and O–H groups in total. The number of benzene rings is 1. The summed E-state index contributed by atoms with van der Waals surface area (Å²) >= 11 is 0. The van der Waals surface area contributed by atoms with Crippen LogP contribution in [0.15, 0.2) is 16.7 Å². The number of ether oxygens (including phenoxy) is 1. The highest BCUT2D eigenvalue weighted by atomic mass is 19.1. The normalized spacial score (nSPS) is 22.3. The van der Waals surface area contributed by atoms with E-state index in [1.165, 1.54) is 0 Å². The van der Waals surface area contributed by atoms with E-state index in [1.807, 2.05) is 19.9 Å². The lowest BCUT2D eigenvalue weighted by Gasteiger charge is -2.41. The van der Waals surface area contributed by atoms with Gasteiger partial charge in [0.05, 0.1) is 5.56 Å². The zero-order valence-corrected chi connectivity index (χ0v) is 19.8. The quantitative estimate of drug-likeness (QED) is 0.624. The summed E-state index contributed by atoms with van der Waals surface area (Å²) in [6, 6.07) is 4.73. The van der Waals surface area contributed by atoms with Gasteiger partial charge in [-0.1, -0.05) is 5.16 Å². The van der Waals surface area contributed by atoms with Crippen LogP contribution < -0.4 is 10.2 Å². The number of aryl methyl sites for hydroxylation is 3. The second-order valence-corrected chi connectivity index (χ2v) is 9.54. The third-order valence-electron chi connectivity index (χ3n) is 7.01. The SMILES string of the molecule is Cc1cc(F)c2nc(N3CC[C@@H](NC4CCOCC4)C[C@@H]3C)c(-c3nc(C)no3)c(C)c2c1. The lowest BCUT2D eigenvalue weighted by molar-refractivity contribution is 0.0733. The third-order valence-corrected chi connectivity index (χ3v) is 7.01. The monoisotopic (exact) mass is 453 g/mol. The highest BCUT2D eigenvalue weighted by Gasteiger charge is 2.32. The summed E-state index contributed by atoms with van der Waals surface area (Å²) in [4.78, 5) is 11.6. The van der Waals surface area contributed by atoms with Gasteiger partial charge in [-0.25, -0.2) is 9.37 Å². The molecule has 176 valence electrons. The predicted octanol–water partition coefficient (Wildman–Crippen LogP) is 4.48. The van der Waals surface area contributed by atoms with E-state index < -0.39 is 0 Å². The summed E-state index contributed by atoms with van der Waals surface area (Å²) in [5, 5.41) is 8.63. The highest BCUT2D eigenvalue weighted by Crippen LogP contribution is 2.39. The van der Waals surface area contributed by atoms with E-state index in [-0.39, 0.29) is 11.9 Å². The van der Waals surface area contributed by atoms with Crippen molar-refractivity contribution in [3.8, 4) is 11.5 Å². The van der Waals surface area contributed by atoms with Crippen LogP contribution in [0.3, 0.4) is 0 Å².